The monoisotopic (exact) mass is 472 g/mol. The second-order valence-corrected chi connectivity index (χ2v) is 7.98. The fraction of sp³-hybridized carbons (Fsp3) is 0.273. The summed E-state index contributed by atoms with van der Waals surface area (Å²) >= 11 is 0. The highest BCUT2D eigenvalue weighted by Gasteiger charge is 2.35. The molecule has 1 amide bonds. The van der Waals surface area contributed by atoms with E-state index in [9.17, 15) is 18.0 Å². The number of nitrogens with zero attached hydrogens (tertiary/aromatic N) is 4. The molecule has 178 valence electrons. The number of aromatic nitrogens is 3. The van der Waals surface area contributed by atoms with Crippen LogP contribution in [-0.4, -0.2) is 40.0 Å². The lowest BCUT2D eigenvalue weighted by Gasteiger charge is -2.33. The van der Waals surface area contributed by atoms with Crippen molar-refractivity contribution in [3.8, 4) is 11.3 Å². The predicted molar refractivity (Wildman–Crippen MR) is 123 cm³/mol. The van der Waals surface area contributed by atoms with Crippen LogP contribution in [0, 0.1) is 0 Å². The Kier molecular flexibility index (Phi) is 6.24. The molecular weight excluding hydrogens is 449 g/mol. The van der Waals surface area contributed by atoms with Crippen molar-refractivity contribution in [3.63, 3.8) is 0 Å². The van der Waals surface area contributed by atoms with Crippen LogP contribution in [0.3, 0.4) is 0 Å². The van der Waals surface area contributed by atoms with Crippen LogP contribution in [0.2, 0.25) is 0 Å². The number of nitrogens with one attached hydrogen (secondary N) is 1. The van der Waals surface area contributed by atoms with Crippen molar-refractivity contribution >= 4 is 28.8 Å². The molecule has 0 bridgehead atoms. The summed E-state index contributed by atoms with van der Waals surface area (Å²) < 4.78 is 40.7. The summed E-state index contributed by atoms with van der Waals surface area (Å²) in [7, 11) is 0. The van der Waals surface area contributed by atoms with Crippen molar-refractivity contribution < 1.29 is 18.0 Å². The number of anilines is 4. The molecule has 1 aliphatic heterocycles. The standard InChI is InChI=1S/C22H23F3N8O/c23-22(24,25)14-8-19(28)30-9-13(14)16-4-3-15(27)20(31-16)21(34)32-17-10-29-6-5-18(17)33-7-1-2-12(26)11-33/h3-6,8-10,12H,1-2,7,11,26-27H2,(H2,28,30)(H,32,34)/t12-/m0/s1. The smallest absolute Gasteiger partial charge is 0.397 e. The van der Waals surface area contributed by atoms with E-state index < -0.39 is 17.6 Å². The van der Waals surface area contributed by atoms with E-state index in [1.807, 2.05) is 4.90 Å². The van der Waals surface area contributed by atoms with E-state index in [2.05, 4.69) is 20.3 Å². The molecule has 4 rings (SSSR count). The van der Waals surface area contributed by atoms with Gasteiger partial charge >= 0.3 is 6.18 Å². The van der Waals surface area contributed by atoms with Gasteiger partial charge in [-0.1, -0.05) is 0 Å². The van der Waals surface area contributed by atoms with E-state index in [0.29, 0.717) is 12.2 Å². The van der Waals surface area contributed by atoms with E-state index >= 15 is 0 Å². The minimum atomic E-state index is -4.70. The van der Waals surface area contributed by atoms with Gasteiger partial charge in [0.15, 0.2) is 5.69 Å². The number of rotatable bonds is 4. The molecule has 3 aromatic rings. The molecular formula is C22H23F3N8O. The van der Waals surface area contributed by atoms with Crippen LogP contribution in [0.4, 0.5) is 36.1 Å². The van der Waals surface area contributed by atoms with Crippen LogP contribution in [0.25, 0.3) is 11.3 Å². The number of halogens is 3. The second kappa shape index (κ2) is 9.14. The lowest BCUT2D eigenvalue weighted by molar-refractivity contribution is -0.137. The molecule has 0 aromatic carbocycles. The molecule has 1 atom stereocenters. The first-order chi connectivity index (χ1) is 16.1. The van der Waals surface area contributed by atoms with Crippen LogP contribution >= 0.6 is 0 Å². The molecule has 1 saturated heterocycles. The average molecular weight is 472 g/mol. The minimum absolute atomic E-state index is 0.00338. The summed E-state index contributed by atoms with van der Waals surface area (Å²) in [6.45, 7) is 1.38. The van der Waals surface area contributed by atoms with Crippen molar-refractivity contribution in [1.82, 2.24) is 15.0 Å². The quantitative estimate of drug-likeness (QED) is 0.453. The van der Waals surface area contributed by atoms with Crippen LogP contribution in [0.1, 0.15) is 28.9 Å². The van der Waals surface area contributed by atoms with Gasteiger partial charge in [-0.3, -0.25) is 9.78 Å². The predicted octanol–water partition coefficient (Wildman–Crippen LogP) is 2.90. The maximum absolute atomic E-state index is 13.6. The highest BCUT2D eigenvalue weighted by Crippen LogP contribution is 2.37. The number of hydrogen-bond donors (Lipinski definition) is 4. The van der Waals surface area contributed by atoms with E-state index in [-0.39, 0.29) is 34.5 Å². The summed E-state index contributed by atoms with van der Waals surface area (Å²) in [5.41, 5.74) is 16.9. The third-order valence-corrected chi connectivity index (χ3v) is 5.49. The molecule has 34 heavy (non-hydrogen) atoms. The SMILES string of the molecule is Nc1cc(C(F)(F)F)c(-c2ccc(N)c(C(=O)Nc3cnccc3N3CCC[C@H](N)C3)n2)cn1. The van der Waals surface area contributed by atoms with Gasteiger partial charge in [0.1, 0.15) is 5.82 Å². The third kappa shape index (κ3) is 4.86. The van der Waals surface area contributed by atoms with Gasteiger partial charge in [0.05, 0.1) is 34.5 Å². The normalized spacial score (nSPS) is 16.4. The van der Waals surface area contributed by atoms with Crippen molar-refractivity contribution in [1.29, 1.82) is 0 Å². The fourth-order valence-electron chi connectivity index (χ4n) is 3.88. The Hall–Kier alpha value is -3.93. The Morgan fingerprint density at radius 3 is 2.71 bits per heavy atom. The van der Waals surface area contributed by atoms with E-state index in [1.165, 1.54) is 18.3 Å². The maximum Gasteiger partial charge on any atom is 0.417 e. The molecule has 1 aliphatic rings. The first kappa shape index (κ1) is 23.2. The van der Waals surface area contributed by atoms with Gasteiger partial charge in [-0.25, -0.2) is 9.97 Å². The largest absolute Gasteiger partial charge is 0.417 e. The zero-order valence-corrected chi connectivity index (χ0v) is 18.0. The lowest BCUT2D eigenvalue weighted by Crippen LogP contribution is -2.43. The van der Waals surface area contributed by atoms with E-state index in [4.69, 9.17) is 17.2 Å². The first-order valence-corrected chi connectivity index (χ1v) is 10.5. The zero-order chi connectivity index (χ0) is 24.5. The summed E-state index contributed by atoms with van der Waals surface area (Å²) in [5.74, 6) is -0.974. The molecule has 3 aromatic heterocycles. The third-order valence-electron chi connectivity index (χ3n) is 5.49. The summed E-state index contributed by atoms with van der Waals surface area (Å²) in [5, 5.41) is 2.73. The van der Waals surface area contributed by atoms with Gasteiger partial charge in [0.2, 0.25) is 0 Å². The Labute approximate surface area is 193 Å². The molecule has 0 spiro atoms. The van der Waals surface area contributed by atoms with Gasteiger partial charge in [-0.15, -0.1) is 0 Å². The van der Waals surface area contributed by atoms with Crippen molar-refractivity contribution in [2.24, 2.45) is 5.73 Å². The number of alkyl halides is 3. The molecule has 1 fully saturated rings. The fourth-order valence-corrected chi connectivity index (χ4v) is 3.88. The zero-order valence-electron chi connectivity index (χ0n) is 18.0. The lowest BCUT2D eigenvalue weighted by atomic mass is 10.1. The number of piperidine rings is 1. The number of nitrogen functional groups attached to an aromatic ring is 2. The van der Waals surface area contributed by atoms with Gasteiger partial charge in [-0.2, -0.15) is 13.2 Å². The van der Waals surface area contributed by atoms with Crippen molar-refractivity contribution in [2.45, 2.75) is 25.1 Å². The Bertz CT molecular complexity index is 1220. The highest BCUT2D eigenvalue weighted by molar-refractivity contribution is 6.08. The van der Waals surface area contributed by atoms with Gasteiger partial charge in [0, 0.05) is 37.1 Å². The van der Waals surface area contributed by atoms with Crippen molar-refractivity contribution in [2.75, 3.05) is 34.8 Å². The van der Waals surface area contributed by atoms with Gasteiger partial charge in [0.25, 0.3) is 5.91 Å². The number of nitrogens with two attached hydrogens (primary N) is 3. The van der Waals surface area contributed by atoms with Gasteiger partial charge < -0.3 is 27.4 Å². The summed E-state index contributed by atoms with van der Waals surface area (Å²) in [6.07, 6.45) is 1.18. The average Bonchev–Trinajstić information content (AvgIpc) is 2.79. The number of hydrogen-bond acceptors (Lipinski definition) is 8. The number of carbonyl (C=O) groups is 1. The highest BCUT2D eigenvalue weighted by atomic mass is 19.4. The first-order valence-electron chi connectivity index (χ1n) is 10.5. The maximum atomic E-state index is 13.6. The van der Waals surface area contributed by atoms with Crippen LogP contribution < -0.4 is 27.4 Å². The Balaban J connectivity index is 1.67. The van der Waals surface area contributed by atoms with Crippen LogP contribution in [-0.2, 0) is 6.18 Å². The molecule has 12 heteroatoms. The van der Waals surface area contributed by atoms with E-state index in [1.54, 1.807) is 12.3 Å². The van der Waals surface area contributed by atoms with Crippen LogP contribution in [0.15, 0.2) is 42.9 Å². The number of pyridine rings is 3. The molecule has 9 nitrogen and oxygen atoms in total. The summed E-state index contributed by atoms with van der Waals surface area (Å²) in [4.78, 5) is 27.1. The minimum Gasteiger partial charge on any atom is -0.397 e. The molecule has 0 radical (unpaired) electrons. The van der Waals surface area contributed by atoms with E-state index in [0.717, 1.165) is 37.3 Å². The van der Waals surface area contributed by atoms with Gasteiger partial charge in [-0.05, 0) is 37.1 Å². The van der Waals surface area contributed by atoms with Crippen LogP contribution in [0.5, 0.6) is 0 Å². The molecule has 0 saturated carbocycles. The van der Waals surface area contributed by atoms with Crippen molar-refractivity contribution in [3.05, 3.63) is 54.1 Å². The molecule has 4 heterocycles. The summed E-state index contributed by atoms with van der Waals surface area (Å²) in [6, 6.07) is 5.10. The Morgan fingerprint density at radius 2 is 1.97 bits per heavy atom. The topological polar surface area (TPSA) is 149 Å². The molecule has 0 unspecified atom stereocenters. The second-order valence-electron chi connectivity index (χ2n) is 7.98. The Morgan fingerprint density at radius 1 is 1.18 bits per heavy atom. The molecule has 0 aliphatic carbocycles. The number of carbonyl (C=O) groups excluding carboxylic acids is 1. The molecule has 7 N–H and O–H groups in total. The number of amides is 1.